The van der Waals surface area contributed by atoms with Gasteiger partial charge in [-0.25, -0.2) is 0 Å². The molecular weight excluding hydrogens is 246 g/mol. The van der Waals surface area contributed by atoms with Crippen molar-refractivity contribution in [3.8, 4) is 0 Å². The Kier molecular flexibility index (Phi) is 4.73. The van der Waals surface area contributed by atoms with Gasteiger partial charge in [-0.1, -0.05) is 45.0 Å². The van der Waals surface area contributed by atoms with E-state index >= 15 is 0 Å². The number of aromatic nitrogens is 1. The fourth-order valence-corrected chi connectivity index (χ4v) is 2.50. The monoisotopic (exact) mass is 271 g/mol. The minimum Gasteiger partial charge on any atom is -0.330 e. The summed E-state index contributed by atoms with van der Waals surface area (Å²) in [6.07, 6.45) is 3.92. The van der Waals surface area contributed by atoms with Crippen LogP contribution in [0.5, 0.6) is 0 Å². The van der Waals surface area contributed by atoms with Crippen LogP contribution in [0.25, 0.3) is 10.8 Å². The van der Waals surface area contributed by atoms with Crippen molar-refractivity contribution in [2.75, 3.05) is 19.6 Å². The van der Waals surface area contributed by atoms with Gasteiger partial charge in [-0.2, -0.15) is 0 Å². The first-order valence-electron chi connectivity index (χ1n) is 7.30. The Morgan fingerprint density at radius 2 is 1.95 bits per heavy atom. The second kappa shape index (κ2) is 6.33. The molecule has 0 bridgehead atoms. The Hall–Kier alpha value is -1.45. The van der Waals surface area contributed by atoms with Crippen molar-refractivity contribution in [1.29, 1.82) is 0 Å². The predicted molar refractivity (Wildman–Crippen MR) is 85.5 cm³/mol. The van der Waals surface area contributed by atoms with E-state index in [4.69, 9.17) is 5.73 Å². The Morgan fingerprint density at radius 1 is 1.20 bits per heavy atom. The molecule has 0 aliphatic carbocycles. The molecule has 0 spiro atoms. The predicted octanol–water partition coefficient (Wildman–Crippen LogP) is 3.04. The van der Waals surface area contributed by atoms with E-state index in [0.717, 1.165) is 19.6 Å². The Balaban J connectivity index is 2.22. The first-order valence-corrected chi connectivity index (χ1v) is 7.30. The summed E-state index contributed by atoms with van der Waals surface area (Å²) < 4.78 is 0. The van der Waals surface area contributed by atoms with E-state index in [1.54, 1.807) is 0 Å². The molecule has 1 aromatic heterocycles. The lowest BCUT2D eigenvalue weighted by atomic mass is 9.93. The number of hydrogen-bond donors (Lipinski definition) is 1. The highest BCUT2D eigenvalue weighted by Crippen LogP contribution is 2.21. The van der Waals surface area contributed by atoms with Gasteiger partial charge >= 0.3 is 0 Å². The highest BCUT2D eigenvalue weighted by Gasteiger charge is 2.19. The summed E-state index contributed by atoms with van der Waals surface area (Å²) in [7, 11) is 0. The lowest BCUT2D eigenvalue weighted by Crippen LogP contribution is -2.38. The van der Waals surface area contributed by atoms with Crippen LogP contribution in [0.3, 0.4) is 0 Å². The van der Waals surface area contributed by atoms with Crippen molar-refractivity contribution < 1.29 is 0 Å². The highest BCUT2D eigenvalue weighted by atomic mass is 15.1. The summed E-state index contributed by atoms with van der Waals surface area (Å²) in [5, 5.41) is 2.51. The van der Waals surface area contributed by atoms with E-state index in [1.807, 2.05) is 12.4 Å². The Bertz CT molecular complexity index is 558. The van der Waals surface area contributed by atoms with Crippen LogP contribution in [0.15, 0.2) is 36.7 Å². The summed E-state index contributed by atoms with van der Waals surface area (Å²) in [5.41, 5.74) is 7.29. The van der Waals surface area contributed by atoms with Crippen LogP contribution >= 0.6 is 0 Å². The average molecular weight is 271 g/mol. The summed E-state index contributed by atoms with van der Waals surface area (Å²) in [6, 6.07) is 8.44. The molecule has 0 amide bonds. The van der Waals surface area contributed by atoms with Gasteiger partial charge in [0.2, 0.25) is 0 Å². The number of hydrogen-bond acceptors (Lipinski definition) is 3. The standard InChI is InChI=1S/C17H25N3/c1-4-20(13-17(2,3)12-18)11-15-10-19-9-14-7-5-6-8-16(14)15/h5-10H,4,11-13,18H2,1-3H3. The summed E-state index contributed by atoms with van der Waals surface area (Å²) in [6.45, 7) is 10.3. The van der Waals surface area contributed by atoms with E-state index in [1.165, 1.54) is 16.3 Å². The Labute approximate surface area is 121 Å². The largest absolute Gasteiger partial charge is 0.330 e. The molecule has 0 radical (unpaired) electrons. The molecular formula is C17H25N3. The SMILES string of the molecule is CCN(Cc1cncc2ccccc12)CC(C)(C)CN. The lowest BCUT2D eigenvalue weighted by Gasteiger charge is -2.31. The van der Waals surface area contributed by atoms with Crippen LogP contribution in [0, 0.1) is 5.41 Å². The molecule has 3 nitrogen and oxygen atoms in total. The molecule has 2 N–H and O–H groups in total. The van der Waals surface area contributed by atoms with E-state index in [9.17, 15) is 0 Å². The molecule has 0 aliphatic heterocycles. The fraction of sp³-hybridized carbons (Fsp3) is 0.471. The third-order valence-corrected chi connectivity index (χ3v) is 3.80. The van der Waals surface area contributed by atoms with Crippen LogP contribution in [0.1, 0.15) is 26.3 Å². The summed E-state index contributed by atoms with van der Waals surface area (Å²) in [5.74, 6) is 0. The number of nitrogens with zero attached hydrogens (tertiary/aromatic N) is 2. The van der Waals surface area contributed by atoms with Gasteiger partial charge in [0.25, 0.3) is 0 Å². The van der Waals surface area contributed by atoms with Crippen LogP contribution in [0.4, 0.5) is 0 Å². The van der Waals surface area contributed by atoms with E-state index in [-0.39, 0.29) is 5.41 Å². The van der Waals surface area contributed by atoms with Crippen molar-refractivity contribution in [2.24, 2.45) is 11.1 Å². The molecule has 1 heterocycles. The zero-order valence-electron chi connectivity index (χ0n) is 12.8. The molecule has 0 atom stereocenters. The van der Waals surface area contributed by atoms with Gasteiger partial charge < -0.3 is 5.73 Å². The molecule has 2 aromatic rings. The Morgan fingerprint density at radius 3 is 2.65 bits per heavy atom. The highest BCUT2D eigenvalue weighted by molar-refractivity contribution is 5.84. The van der Waals surface area contributed by atoms with Gasteiger partial charge in [-0.15, -0.1) is 0 Å². The molecule has 0 unspecified atom stereocenters. The van der Waals surface area contributed by atoms with Crippen LogP contribution in [-0.2, 0) is 6.54 Å². The lowest BCUT2D eigenvalue weighted by molar-refractivity contribution is 0.184. The van der Waals surface area contributed by atoms with E-state index in [2.05, 4.69) is 54.9 Å². The normalized spacial score (nSPS) is 12.2. The third kappa shape index (κ3) is 3.56. The first kappa shape index (κ1) is 14.9. The topological polar surface area (TPSA) is 42.2 Å². The quantitative estimate of drug-likeness (QED) is 0.878. The third-order valence-electron chi connectivity index (χ3n) is 3.80. The van der Waals surface area contributed by atoms with Crippen molar-refractivity contribution in [3.63, 3.8) is 0 Å². The van der Waals surface area contributed by atoms with Crippen molar-refractivity contribution >= 4 is 10.8 Å². The van der Waals surface area contributed by atoms with Crippen LogP contribution in [-0.4, -0.2) is 29.5 Å². The fourth-order valence-electron chi connectivity index (χ4n) is 2.50. The minimum absolute atomic E-state index is 0.147. The van der Waals surface area contributed by atoms with Gasteiger partial charge in [0.15, 0.2) is 0 Å². The zero-order chi connectivity index (χ0) is 14.6. The van der Waals surface area contributed by atoms with E-state index < -0.39 is 0 Å². The maximum absolute atomic E-state index is 5.85. The second-order valence-electron chi connectivity index (χ2n) is 6.19. The number of pyridine rings is 1. The number of rotatable bonds is 6. The zero-order valence-corrected chi connectivity index (χ0v) is 12.8. The molecule has 108 valence electrons. The summed E-state index contributed by atoms with van der Waals surface area (Å²) in [4.78, 5) is 6.81. The smallest absolute Gasteiger partial charge is 0.0346 e. The van der Waals surface area contributed by atoms with Crippen molar-refractivity contribution in [3.05, 3.63) is 42.2 Å². The molecule has 0 fully saturated rings. The van der Waals surface area contributed by atoms with Crippen molar-refractivity contribution in [1.82, 2.24) is 9.88 Å². The van der Waals surface area contributed by atoms with Crippen LogP contribution in [0.2, 0.25) is 0 Å². The molecule has 2 rings (SSSR count). The average Bonchev–Trinajstić information content (AvgIpc) is 2.46. The molecule has 20 heavy (non-hydrogen) atoms. The molecule has 0 aliphatic rings. The first-order chi connectivity index (χ1) is 9.55. The molecule has 3 heteroatoms. The molecule has 0 saturated heterocycles. The van der Waals surface area contributed by atoms with Gasteiger partial charge in [0, 0.05) is 30.9 Å². The second-order valence-corrected chi connectivity index (χ2v) is 6.19. The maximum Gasteiger partial charge on any atom is 0.0346 e. The van der Waals surface area contributed by atoms with Gasteiger partial charge in [0.1, 0.15) is 0 Å². The number of benzene rings is 1. The minimum atomic E-state index is 0.147. The van der Waals surface area contributed by atoms with Gasteiger partial charge in [-0.05, 0) is 29.5 Å². The molecule has 1 aromatic carbocycles. The molecule has 0 saturated carbocycles. The van der Waals surface area contributed by atoms with E-state index in [0.29, 0.717) is 6.54 Å². The van der Waals surface area contributed by atoms with Gasteiger partial charge in [-0.3, -0.25) is 9.88 Å². The van der Waals surface area contributed by atoms with Crippen molar-refractivity contribution in [2.45, 2.75) is 27.3 Å². The summed E-state index contributed by atoms with van der Waals surface area (Å²) >= 11 is 0. The maximum atomic E-state index is 5.85. The number of fused-ring (bicyclic) bond motifs is 1. The van der Waals surface area contributed by atoms with Crippen LogP contribution < -0.4 is 5.73 Å². The number of nitrogens with two attached hydrogens (primary N) is 1. The van der Waals surface area contributed by atoms with Gasteiger partial charge in [0.05, 0.1) is 0 Å².